The molecule has 0 atom stereocenters. The summed E-state index contributed by atoms with van der Waals surface area (Å²) in [6.45, 7) is 2.35. The Kier molecular flexibility index (Phi) is 3.46. The molecule has 0 aliphatic heterocycles. The van der Waals surface area contributed by atoms with E-state index in [2.05, 4.69) is 20.6 Å². The third-order valence-electron chi connectivity index (χ3n) is 3.58. The molecule has 0 bridgehead atoms. The van der Waals surface area contributed by atoms with E-state index in [1.54, 1.807) is 4.52 Å². The number of carbonyl (C=O) groups excluding carboxylic acids is 1. The lowest BCUT2D eigenvalue weighted by Crippen LogP contribution is -2.31. The second-order valence-corrected chi connectivity index (χ2v) is 6.03. The molecule has 2 heterocycles. The van der Waals surface area contributed by atoms with Gasteiger partial charge in [-0.05, 0) is 19.8 Å². The topological polar surface area (TPSA) is 72.2 Å². The Morgan fingerprint density at radius 2 is 2.16 bits per heavy atom. The summed E-state index contributed by atoms with van der Waals surface area (Å²) in [5.41, 5.74) is 0. The van der Waals surface area contributed by atoms with Crippen LogP contribution in [0.1, 0.15) is 42.9 Å². The maximum absolute atomic E-state index is 12.0. The number of nitrogens with zero attached hydrogens (tertiary/aromatic N) is 4. The van der Waals surface area contributed by atoms with Crippen LogP contribution in [0.5, 0.6) is 0 Å². The fraction of sp³-hybridized carbons (Fsp3) is 0.667. The highest BCUT2D eigenvalue weighted by Gasteiger charge is 2.21. The van der Waals surface area contributed by atoms with Crippen LogP contribution in [-0.4, -0.2) is 25.7 Å². The fourth-order valence-electron chi connectivity index (χ4n) is 2.50. The number of fused-ring (bicyclic) bond motifs is 1. The number of aryl methyl sites for hydroxylation is 1. The van der Waals surface area contributed by atoms with Crippen LogP contribution in [0, 0.1) is 12.8 Å². The molecule has 0 radical (unpaired) electrons. The maximum Gasteiger partial charge on any atom is 0.234 e. The van der Waals surface area contributed by atoms with Crippen molar-refractivity contribution in [2.24, 2.45) is 5.92 Å². The summed E-state index contributed by atoms with van der Waals surface area (Å²) in [6, 6.07) is 0. The minimum atomic E-state index is 0.169. The van der Waals surface area contributed by atoms with Gasteiger partial charge in [0.15, 0.2) is 5.82 Å². The number of amides is 1. The second-order valence-electron chi connectivity index (χ2n) is 4.99. The number of rotatable bonds is 3. The highest BCUT2D eigenvalue weighted by Crippen LogP contribution is 2.23. The van der Waals surface area contributed by atoms with Crippen LogP contribution in [0.25, 0.3) is 4.96 Å². The summed E-state index contributed by atoms with van der Waals surface area (Å²) in [5.74, 6) is 1.14. The Balaban J connectivity index is 1.60. The summed E-state index contributed by atoms with van der Waals surface area (Å²) in [4.78, 5) is 12.8. The van der Waals surface area contributed by atoms with Crippen molar-refractivity contribution in [3.63, 3.8) is 0 Å². The predicted octanol–water partition coefficient (Wildman–Crippen LogP) is 1.69. The lowest BCUT2D eigenvalue weighted by molar-refractivity contribution is -0.126. The first-order valence-corrected chi connectivity index (χ1v) is 7.51. The van der Waals surface area contributed by atoms with Crippen LogP contribution in [-0.2, 0) is 11.3 Å². The van der Waals surface area contributed by atoms with Crippen LogP contribution >= 0.6 is 11.3 Å². The standard InChI is InChI=1S/C12H17N5OS/c1-8-14-15-12-17(8)16-10(19-12)7-13-11(18)9-5-3-2-4-6-9/h9H,2-7H2,1H3,(H,13,18). The minimum Gasteiger partial charge on any atom is -0.349 e. The van der Waals surface area contributed by atoms with Gasteiger partial charge in [-0.2, -0.15) is 9.61 Å². The normalized spacial score (nSPS) is 16.9. The van der Waals surface area contributed by atoms with Crippen LogP contribution in [0.15, 0.2) is 0 Å². The largest absolute Gasteiger partial charge is 0.349 e. The third kappa shape index (κ3) is 2.60. The molecule has 6 nitrogen and oxygen atoms in total. The molecule has 1 aliphatic carbocycles. The van der Waals surface area contributed by atoms with E-state index in [-0.39, 0.29) is 11.8 Å². The van der Waals surface area contributed by atoms with E-state index in [4.69, 9.17) is 0 Å². The van der Waals surface area contributed by atoms with Crippen LogP contribution in [0.2, 0.25) is 0 Å². The Labute approximate surface area is 115 Å². The van der Waals surface area contributed by atoms with Crippen LogP contribution < -0.4 is 5.32 Å². The average molecular weight is 279 g/mol. The molecule has 3 rings (SSSR count). The second kappa shape index (κ2) is 5.24. The number of carbonyl (C=O) groups is 1. The Morgan fingerprint density at radius 1 is 1.37 bits per heavy atom. The van der Waals surface area contributed by atoms with Crippen molar-refractivity contribution in [2.45, 2.75) is 45.6 Å². The van der Waals surface area contributed by atoms with E-state index in [0.29, 0.717) is 6.54 Å². The molecule has 2 aromatic rings. The van der Waals surface area contributed by atoms with Gasteiger partial charge in [0.05, 0.1) is 6.54 Å². The predicted molar refractivity (Wildman–Crippen MR) is 71.8 cm³/mol. The van der Waals surface area contributed by atoms with Gasteiger partial charge in [0, 0.05) is 5.92 Å². The lowest BCUT2D eigenvalue weighted by Gasteiger charge is -2.20. The Morgan fingerprint density at radius 3 is 2.89 bits per heavy atom. The first kappa shape index (κ1) is 12.5. The van der Waals surface area contributed by atoms with Crippen LogP contribution in [0.4, 0.5) is 0 Å². The average Bonchev–Trinajstić information content (AvgIpc) is 2.99. The molecule has 0 spiro atoms. The van der Waals surface area contributed by atoms with Crippen molar-refractivity contribution < 1.29 is 4.79 Å². The molecule has 1 amide bonds. The highest BCUT2D eigenvalue weighted by molar-refractivity contribution is 7.16. The van der Waals surface area contributed by atoms with Gasteiger partial charge in [0.2, 0.25) is 10.9 Å². The van der Waals surface area contributed by atoms with Gasteiger partial charge in [0.1, 0.15) is 5.01 Å². The molecule has 0 aromatic carbocycles. The molecule has 1 N–H and O–H groups in total. The molecule has 1 aliphatic rings. The molecule has 1 fully saturated rings. The molecular weight excluding hydrogens is 262 g/mol. The number of nitrogens with one attached hydrogen (secondary N) is 1. The summed E-state index contributed by atoms with van der Waals surface area (Å²) in [6.07, 6.45) is 5.66. The highest BCUT2D eigenvalue weighted by atomic mass is 32.1. The van der Waals surface area contributed by atoms with E-state index < -0.39 is 0 Å². The Hall–Kier alpha value is -1.50. The fourth-order valence-corrected chi connectivity index (χ4v) is 3.32. The van der Waals surface area contributed by atoms with E-state index in [0.717, 1.165) is 28.6 Å². The van der Waals surface area contributed by atoms with Crippen molar-refractivity contribution in [3.05, 3.63) is 10.8 Å². The third-order valence-corrected chi connectivity index (χ3v) is 4.48. The quantitative estimate of drug-likeness (QED) is 0.928. The Bertz CT molecular complexity index is 584. The lowest BCUT2D eigenvalue weighted by atomic mass is 9.89. The minimum absolute atomic E-state index is 0.169. The van der Waals surface area contributed by atoms with Crippen molar-refractivity contribution in [1.29, 1.82) is 0 Å². The van der Waals surface area contributed by atoms with E-state index in [1.807, 2.05) is 6.92 Å². The molecule has 2 aromatic heterocycles. The van der Waals surface area contributed by atoms with E-state index in [9.17, 15) is 4.79 Å². The molecule has 0 saturated heterocycles. The van der Waals surface area contributed by atoms with Gasteiger partial charge in [-0.1, -0.05) is 30.6 Å². The van der Waals surface area contributed by atoms with Gasteiger partial charge < -0.3 is 5.32 Å². The smallest absolute Gasteiger partial charge is 0.234 e. The van der Waals surface area contributed by atoms with Crippen LogP contribution in [0.3, 0.4) is 0 Å². The summed E-state index contributed by atoms with van der Waals surface area (Å²) in [5, 5.41) is 16.2. The summed E-state index contributed by atoms with van der Waals surface area (Å²) < 4.78 is 1.72. The van der Waals surface area contributed by atoms with Crippen molar-refractivity contribution in [1.82, 2.24) is 25.1 Å². The molecule has 19 heavy (non-hydrogen) atoms. The van der Waals surface area contributed by atoms with Crippen molar-refractivity contribution in [3.8, 4) is 0 Å². The zero-order chi connectivity index (χ0) is 13.2. The number of hydrogen-bond acceptors (Lipinski definition) is 5. The number of aromatic nitrogens is 4. The summed E-state index contributed by atoms with van der Waals surface area (Å²) >= 11 is 1.47. The molecular formula is C12H17N5OS. The monoisotopic (exact) mass is 279 g/mol. The molecule has 7 heteroatoms. The van der Waals surface area contributed by atoms with Crippen molar-refractivity contribution in [2.75, 3.05) is 0 Å². The zero-order valence-electron chi connectivity index (χ0n) is 10.9. The number of hydrogen-bond donors (Lipinski definition) is 1. The van der Waals surface area contributed by atoms with Gasteiger partial charge in [-0.25, -0.2) is 0 Å². The SMILES string of the molecule is Cc1nnc2sc(CNC(=O)C3CCCCC3)nn12. The first-order chi connectivity index (χ1) is 9.24. The molecule has 0 unspecified atom stereocenters. The molecule has 1 saturated carbocycles. The van der Waals surface area contributed by atoms with E-state index in [1.165, 1.54) is 30.6 Å². The van der Waals surface area contributed by atoms with Crippen molar-refractivity contribution >= 4 is 22.2 Å². The first-order valence-electron chi connectivity index (χ1n) is 6.69. The van der Waals surface area contributed by atoms with E-state index >= 15 is 0 Å². The maximum atomic E-state index is 12.0. The van der Waals surface area contributed by atoms with Gasteiger partial charge in [0.25, 0.3) is 0 Å². The van der Waals surface area contributed by atoms with Gasteiger partial charge >= 0.3 is 0 Å². The zero-order valence-corrected chi connectivity index (χ0v) is 11.7. The molecule has 102 valence electrons. The summed E-state index contributed by atoms with van der Waals surface area (Å²) in [7, 11) is 0. The van der Waals surface area contributed by atoms with Gasteiger partial charge in [-0.15, -0.1) is 10.2 Å². The van der Waals surface area contributed by atoms with Gasteiger partial charge in [-0.3, -0.25) is 4.79 Å².